The van der Waals surface area contributed by atoms with Crippen molar-refractivity contribution in [1.82, 2.24) is 9.88 Å². The summed E-state index contributed by atoms with van der Waals surface area (Å²) in [5, 5.41) is 3.38. The lowest BCUT2D eigenvalue weighted by Crippen LogP contribution is -2.43. The molecular formula is C28H39N3O4. The molecule has 2 heterocycles. The first-order valence-electron chi connectivity index (χ1n) is 12.4. The molecule has 0 spiro atoms. The fourth-order valence-corrected chi connectivity index (χ4v) is 4.22. The largest absolute Gasteiger partial charge is 0.459 e. The average molecular weight is 482 g/mol. The van der Waals surface area contributed by atoms with Crippen LogP contribution in [0.15, 0.2) is 40.2 Å². The second-order valence-corrected chi connectivity index (χ2v) is 10.1. The second-order valence-electron chi connectivity index (χ2n) is 10.1. The summed E-state index contributed by atoms with van der Waals surface area (Å²) < 4.78 is 12.6. The van der Waals surface area contributed by atoms with Crippen molar-refractivity contribution in [2.24, 2.45) is 23.9 Å². The van der Waals surface area contributed by atoms with Gasteiger partial charge in [0.25, 0.3) is 5.56 Å². The van der Waals surface area contributed by atoms with Gasteiger partial charge in [-0.3, -0.25) is 14.6 Å². The number of hydrogen-bond acceptors (Lipinski definition) is 6. The van der Waals surface area contributed by atoms with E-state index < -0.39 is 6.04 Å². The Kier molecular flexibility index (Phi) is 9.03. The number of pyridine rings is 1. The minimum absolute atomic E-state index is 0.000186. The number of hydrogen-bond donors (Lipinski definition) is 1. The predicted octanol–water partition coefficient (Wildman–Crippen LogP) is 4.23. The number of carbonyl (C=O) groups is 1. The van der Waals surface area contributed by atoms with Crippen molar-refractivity contribution in [1.29, 1.82) is 0 Å². The molecule has 1 aromatic carbocycles. The molecule has 3 rings (SSSR count). The van der Waals surface area contributed by atoms with Crippen molar-refractivity contribution in [2.75, 3.05) is 13.2 Å². The topological polar surface area (TPSA) is 81.9 Å². The number of rotatable bonds is 9. The third-order valence-corrected chi connectivity index (χ3v) is 6.34. The molecule has 0 amide bonds. The van der Waals surface area contributed by atoms with Crippen molar-refractivity contribution in [3.8, 4) is 0 Å². The van der Waals surface area contributed by atoms with Gasteiger partial charge in [0, 0.05) is 37.3 Å². The van der Waals surface area contributed by atoms with E-state index in [2.05, 4.69) is 37.4 Å². The minimum Gasteiger partial charge on any atom is -0.459 e. The molecule has 1 aromatic heterocycles. The van der Waals surface area contributed by atoms with Gasteiger partial charge in [-0.05, 0) is 48.9 Å². The fraction of sp³-hybridized carbons (Fsp3) is 0.536. The number of nitrogens with one attached hydrogen (secondary N) is 1. The molecule has 1 aliphatic heterocycles. The smallest absolute Gasteiger partial charge is 0.323 e. The Balaban J connectivity index is 1.82. The molecular weight excluding hydrogens is 442 g/mol. The first-order chi connectivity index (χ1) is 16.6. The lowest BCUT2D eigenvalue weighted by molar-refractivity contribution is -0.152. The van der Waals surface area contributed by atoms with Crippen LogP contribution < -0.4 is 10.9 Å². The highest BCUT2D eigenvalue weighted by Gasteiger charge is 2.28. The molecule has 7 nitrogen and oxygen atoms in total. The Morgan fingerprint density at radius 3 is 2.54 bits per heavy atom. The van der Waals surface area contributed by atoms with Gasteiger partial charge in [-0.2, -0.15) is 0 Å². The van der Waals surface area contributed by atoms with Crippen LogP contribution in [-0.4, -0.2) is 41.6 Å². The lowest BCUT2D eigenvalue weighted by Gasteiger charge is -2.23. The van der Waals surface area contributed by atoms with Crippen molar-refractivity contribution in [3.05, 3.63) is 63.1 Å². The summed E-state index contributed by atoms with van der Waals surface area (Å²) in [5.74, 6) is 0.0361. The van der Waals surface area contributed by atoms with Crippen molar-refractivity contribution >= 4 is 17.4 Å². The third-order valence-electron chi connectivity index (χ3n) is 6.34. The van der Waals surface area contributed by atoms with Gasteiger partial charge in [-0.15, -0.1) is 0 Å². The van der Waals surface area contributed by atoms with Gasteiger partial charge < -0.3 is 19.4 Å². The Labute approximate surface area is 208 Å². The van der Waals surface area contributed by atoms with Gasteiger partial charge in [-0.25, -0.2) is 0 Å². The van der Waals surface area contributed by atoms with E-state index in [0.717, 1.165) is 34.5 Å². The molecule has 190 valence electrons. The molecule has 7 heteroatoms. The van der Waals surface area contributed by atoms with Crippen molar-refractivity contribution in [3.63, 3.8) is 0 Å². The van der Waals surface area contributed by atoms with Gasteiger partial charge in [0.2, 0.25) is 0 Å². The highest BCUT2D eigenvalue weighted by Crippen LogP contribution is 2.24. The highest BCUT2D eigenvalue weighted by atomic mass is 16.6. The molecule has 1 aliphatic rings. The van der Waals surface area contributed by atoms with E-state index in [1.165, 1.54) is 0 Å². The van der Waals surface area contributed by atoms with E-state index in [1.54, 1.807) is 11.6 Å². The molecule has 35 heavy (non-hydrogen) atoms. The van der Waals surface area contributed by atoms with E-state index in [-0.39, 0.29) is 29.5 Å². The van der Waals surface area contributed by atoms with Crippen LogP contribution in [0, 0.1) is 25.7 Å². The maximum atomic E-state index is 12.8. The van der Waals surface area contributed by atoms with Crippen LogP contribution in [0.4, 0.5) is 5.69 Å². The quantitative estimate of drug-likeness (QED) is 0.428. The number of esters is 1. The highest BCUT2D eigenvalue weighted by molar-refractivity contribution is 6.03. The van der Waals surface area contributed by atoms with Crippen molar-refractivity contribution in [2.45, 2.75) is 66.7 Å². The number of ether oxygens (including phenoxy) is 2. The summed E-state index contributed by atoms with van der Waals surface area (Å²) in [5.41, 5.74) is 5.56. The molecule has 2 aromatic rings. The van der Waals surface area contributed by atoms with E-state index in [1.807, 2.05) is 40.0 Å². The van der Waals surface area contributed by atoms with Crippen LogP contribution in [0.1, 0.15) is 56.4 Å². The van der Waals surface area contributed by atoms with Crippen LogP contribution in [-0.2, 0) is 27.9 Å². The summed E-state index contributed by atoms with van der Waals surface area (Å²) in [6.45, 7) is 13.7. The van der Waals surface area contributed by atoms with Gasteiger partial charge in [0.15, 0.2) is 0 Å². The Morgan fingerprint density at radius 2 is 1.94 bits per heavy atom. The van der Waals surface area contributed by atoms with E-state index >= 15 is 0 Å². The number of aryl methyl sites for hydroxylation is 3. The number of nitrogens with zero attached hydrogens (tertiary/aromatic N) is 2. The van der Waals surface area contributed by atoms with Gasteiger partial charge >= 0.3 is 5.97 Å². The lowest BCUT2D eigenvalue weighted by atomic mass is 9.99. The first-order valence-corrected chi connectivity index (χ1v) is 12.4. The van der Waals surface area contributed by atoms with E-state index in [4.69, 9.17) is 14.5 Å². The molecule has 0 aliphatic carbocycles. The zero-order valence-electron chi connectivity index (χ0n) is 22.1. The van der Waals surface area contributed by atoms with Gasteiger partial charge in [0.1, 0.15) is 12.1 Å². The molecule has 0 bridgehead atoms. The maximum absolute atomic E-state index is 12.8. The van der Waals surface area contributed by atoms with Gasteiger partial charge in [-0.1, -0.05) is 39.8 Å². The minimum atomic E-state index is -0.399. The Bertz CT molecular complexity index is 1100. The monoisotopic (exact) mass is 481 g/mol. The second kappa shape index (κ2) is 11.8. The number of aliphatic imine (C=N–C) groups is 1. The zero-order chi connectivity index (χ0) is 25.7. The predicted molar refractivity (Wildman–Crippen MR) is 139 cm³/mol. The first kappa shape index (κ1) is 26.8. The Morgan fingerprint density at radius 1 is 1.20 bits per heavy atom. The SMILES string of the molecule is Cc1ccc(CNC(C(=O)OC2CCOC2)C(C)C)cc1/N=C(/c1cc(C)c(=O)n(C)c1)C(C)C. The average Bonchev–Trinajstić information content (AvgIpc) is 3.29. The third kappa shape index (κ3) is 6.89. The number of aromatic nitrogens is 1. The summed E-state index contributed by atoms with van der Waals surface area (Å²) in [4.78, 5) is 30.0. The Hall–Kier alpha value is -2.77. The van der Waals surface area contributed by atoms with Crippen LogP contribution in [0.25, 0.3) is 0 Å². The number of carbonyl (C=O) groups excluding carboxylic acids is 1. The molecule has 2 atom stereocenters. The number of benzene rings is 1. The normalized spacial score (nSPS) is 17.3. The fourth-order valence-electron chi connectivity index (χ4n) is 4.22. The molecule has 1 saturated heterocycles. The summed E-state index contributed by atoms with van der Waals surface area (Å²) in [7, 11) is 1.77. The van der Waals surface area contributed by atoms with Crippen LogP contribution >= 0.6 is 0 Å². The van der Waals surface area contributed by atoms with E-state index in [9.17, 15) is 9.59 Å². The molecule has 0 saturated carbocycles. The summed E-state index contributed by atoms with van der Waals surface area (Å²) in [6, 6.07) is 7.69. The molecule has 0 radical (unpaired) electrons. The zero-order valence-corrected chi connectivity index (χ0v) is 22.1. The summed E-state index contributed by atoms with van der Waals surface area (Å²) in [6.07, 6.45) is 2.45. The van der Waals surface area contributed by atoms with Gasteiger partial charge in [0.05, 0.1) is 24.6 Å². The standard InChI is InChI=1S/C28H39N3O4/c1-17(2)25(22-12-20(6)27(32)31(7)15-22)30-24-13-21(9-8-19(24)5)14-29-26(18(3)4)28(33)35-23-10-11-34-16-23/h8-9,12-13,15,17-18,23,26,29H,10-11,14,16H2,1-7H3/b30-25+. The van der Waals surface area contributed by atoms with Crippen LogP contribution in [0.2, 0.25) is 0 Å². The maximum Gasteiger partial charge on any atom is 0.323 e. The van der Waals surface area contributed by atoms with Crippen LogP contribution in [0.5, 0.6) is 0 Å². The summed E-state index contributed by atoms with van der Waals surface area (Å²) >= 11 is 0. The molecule has 2 unspecified atom stereocenters. The molecule has 1 fully saturated rings. The van der Waals surface area contributed by atoms with E-state index in [0.29, 0.717) is 25.3 Å². The molecule has 1 N–H and O–H groups in total. The van der Waals surface area contributed by atoms with Crippen molar-refractivity contribution < 1.29 is 14.3 Å². The van der Waals surface area contributed by atoms with Crippen LogP contribution in [0.3, 0.4) is 0 Å².